The Morgan fingerprint density at radius 1 is 1.14 bits per heavy atom. The van der Waals surface area contributed by atoms with Gasteiger partial charge in [-0.05, 0) is 48.0 Å². The lowest BCUT2D eigenvalue weighted by molar-refractivity contribution is 0.102. The number of carbonyl (C=O) groups is 1. The SMILES string of the molecule is COc1ccc2oc(C(=O)/C=C/c3ccc(Cl)cc3)cc2c1. The molecule has 1 heterocycles. The molecule has 3 rings (SSSR count). The summed E-state index contributed by atoms with van der Waals surface area (Å²) < 4.78 is 10.7. The highest BCUT2D eigenvalue weighted by Crippen LogP contribution is 2.24. The highest BCUT2D eigenvalue weighted by Gasteiger charge is 2.10. The number of allylic oxidation sites excluding steroid dienone is 1. The number of rotatable bonds is 4. The van der Waals surface area contributed by atoms with Gasteiger partial charge in [0.15, 0.2) is 5.76 Å². The topological polar surface area (TPSA) is 39.4 Å². The first-order chi connectivity index (χ1) is 10.7. The van der Waals surface area contributed by atoms with E-state index in [4.69, 9.17) is 20.8 Å². The fourth-order valence-corrected chi connectivity index (χ4v) is 2.22. The van der Waals surface area contributed by atoms with Crippen LogP contribution in [0.5, 0.6) is 5.75 Å². The van der Waals surface area contributed by atoms with Crippen molar-refractivity contribution in [3.05, 3.63) is 71.0 Å². The summed E-state index contributed by atoms with van der Waals surface area (Å²) in [5.41, 5.74) is 1.56. The number of fused-ring (bicyclic) bond motifs is 1. The van der Waals surface area contributed by atoms with Gasteiger partial charge in [-0.1, -0.05) is 29.8 Å². The number of carbonyl (C=O) groups excluding carboxylic acids is 1. The summed E-state index contributed by atoms with van der Waals surface area (Å²) >= 11 is 5.82. The number of halogens is 1. The second-order valence-electron chi connectivity index (χ2n) is 4.76. The second-order valence-corrected chi connectivity index (χ2v) is 5.20. The molecule has 0 bridgehead atoms. The van der Waals surface area contributed by atoms with Crippen LogP contribution in [0.1, 0.15) is 16.1 Å². The number of hydrogen-bond donors (Lipinski definition) is 0. The molecule has 0 aliphatic carbocycles. The Morgan fingerprint density at radius 2 is 1.91 bits per heavy atom. The zero-order chi connectivity index (χ0) is 15.5. The van der Waals surface area contributed by atoms with Crippen molar-refractivity contribution in [1.29, 1.82) is 0 Å². The lowest BCUT2D eigenvalue weighted by Crippen LogP contribution is -1.90. The molecule has 0 aliphatic rings. The van der Waals surface area contributed by atoms with Gasteiger partial charge in [-0.25, -0.2) is 0 Å². The van der Waals surface area contributed by atoms with Crippen LogP contribution < -0.4 is 4.74 Å². The molecule has 0 fully saturated rings. The number of methoxy groups -OCH3 is 1. The Bertz CT molecular complexity index is 844. The zero-order valence-electron chi connectivity index (χ0n) is 11.9. The average molecular weight is 313 g/mol. The molecule has 1 aromatic heterocycles. The smallest absolute Gasteiger partial charge is 0.221 e. The van der Waals surface area contributed by atoms with E-state index in [0.717, 1.165) is 16.7 Å². The molecule has 0 aliphatic heterocycles. The van der Waals surface area contributed by atoms with Gasteiger partial charge in [0, 0.05) is 10.4 Å². The molecule has 0 atom stereocenters. The van der Waals surface area contributed by atoms with Gasteiger partial charge in [-0.15, -0.1) is 0 Å². The third-order valence-electron chi connectivity index (χ3n) is 3.26. The lowest BCUT2D eigenvalue weighted by atomic mass is 10.1. The molecule has 4 heteroatoms. The van der Waals surface area contributed by atoms with Crippen molar-refractivity contribution in [2.45, 2.75) is 0 Å². The average Bonchev–Trinajstić information content (AvgIpc) is 2.97. The van der Waals surface area contributed by atoms with Gasteiger partial charge >= 0.3 is 0 Å². The Morgan fingerprint density at radius 3 is 2.64 bits per heavy atom. The van der Waals surface area contributed by atoms with Crippen LogP contribution in [0.4, 0.5) is 0 Å². The lowest BCUT2D eigenvalue weighted by Gasteiger charge is -1.96. The van der Waals surface area contributed by atoms with Crippen LogP contribution in [0.3, 0.4) is 0 Å². The van der Waals surface area contributed by atoms with Crippen molar-refractivity contribution in [2.75, 3.05) is 7.11 Å². The minimum atomic E-state index is -0.190. The van der Waals surface area contributed by atoms with Crippen LogP contribution in [0, 0.1) is 0 Å². The van der Waals surface area contributed by atoms with E-state index in [-0.39, 0.29) is 5.78 Å². The summed E-state index contributed by atoms with van der Waals surface area (Å²) in [6.45, 7) is 0. The van der Waals surface area contributed by atoms with Crippen molar-refractivity contribution in [3.8, 4) is 5.75 Å². The highest BCUT2D eigenvalue weighted by molar-refractivity contribution is 6.30. The Labute approximate surface area is 132 Å². The van der Waals surface area contributed by atoms with Crippen molar-refractivity contribution in [3.63, 3.8) is 0 Å². The fourth-order valence-electron chi connectivity index (χ4n) is 2.10. The summed E-state index contributed by atoms with van der Waals surface area (Å²) in [6.07, 6.45) is 3.21. The van der Waals surface area contributed by atoms with Crippen LogP contribution in [0.2, 0.25) is 5.02 Å². The zero-order valence-corrected chi connectivity index (χ0v) is 12.6. The van der Waals surface area contributed by atoms with Crippen molar-refractivity contribution >= 4 is 34.4 Å². The molecular formula is C18H13ClO3. The Kier molecular flexibility index (Phi) is 3.98. The molecule has 0 amide bonds. The van der Waals surface area contributed by atoms with Crippen LogP contribution >= 0.6 is 11.6 Å². The Hall–Kier alpha value is -2.52. The van der Waals surface area contributed by atoms with Crippen LogP contribution in [0.15, 0.2) is 59.0 Å². The largest absolute Gasteiger partial charge is 0.497 e. The summed E-state index contributed by atoms with van der Waals surface area (Å²) in [6, 6.07) is 14.4. The molecule has 2 aromatic carbocycles. The predicted molar refractivity (Wildman–Crippen MR) is 87.6 cm³/mol. The number of hydrogen-bond acceptors (Lipinski definition) is 3. The van der Waals surface area contributed by atoms with Crippen molar-refractivity contribution in [2.24, 2.45) is 0 Å². The number of benzene rings is 2. The molecule has 3 aromatic rings. The minimum Gasteiger partial charge on any atom is -0.497 e. The van der Waals surface area contributed by atoms with Gasteiger partial charge in [0.25, 0.3) is 0 Å². The van der Waals surface area contributed by atoms with E-state index in [2.05, 4.69) is 0 Å². The van der Waals surface area contributed by atoms with E-state index >= 15 is 0 Å². The monoisotopic (exact) mass is 312 g/mol. The first kappa shape index (κ1) is 14.4. The summed E-state index contributed by atoms with van der Waals surface area (Å²) in [7, 11) is 1.60. The van der Waals surface area contributed by atoms with E-state index in [1.54, 1.807) is 43.5 Å². The van der Waals surface area contributed by atoms with Gasteiger partial charge in [-0.3, -0.25) is 4.79 Å². The van der Waals surface area contributed by atoms with E-state index in [1.807, 2.05) is 18.2 Å². The third kappa shape index (κ3) is 3.05. The number of ether oxygens (including phenoxy) is 1. The maximum Gasteiger partial charge on any atom is 0.221 e. The second kappa shape index (κ2) is 6.08. The maximum atomic E-state index is 12.2. The standard InChI is InChI=1S/C18H13ClO3/c1-21-15-7-9-17-13(10-15)11-18(22-17)16(20)8-4-12-2-5-14(19)6-3-12/h2-11H,1H3/b8-4+. The predicted octanol–water partition coefficient (Wildman–Crippen LogP) is 4.99. The van der Waals surface area contributed by atoms with Crippen LogP contribution in [0.25, 0.3) is 17.0 Å². The third-order valence-corrected chi connectivity index (χ3v) is 3.52. The summed E-state index contributed by atoms with van der Waals surface area (Å²) in [5.74, 6) is 0.836. The van der Waals surface area contributed by atoms with Gasteiger partial charge in [0.1, 0.15) is 11.3 Å². The van der Waals surface area contributed by atoms with E-state index < -0.39 is 0 Å². The molecule has 3 nitrogen and oxygen atoms in total. The molecule has 0 spiro atoms. The van der Waals surface area contributed by atoms with E-state index in [9.17, 15) is 4.79 Å². The summed E-state index contributed by atoms with van der Waals surface area (Å²) in [4.78, 5) is 12.2. The van der Waals surface area contributed by atoms with Crippen LogP contribution in [-0.4, -0.2) is 12.9 Å². The quantitative estimate of drug-likeness (QED) is 0.503. The van der Waals surface area contributed by atoms with Crippen molar-refractivity contribution < 1.29 is 13.9 Å². The van der Waals surface area contributed by atoms with Gasteiger partial charge < -0.3 is 9.15 Å². The molecular weight excluding hydrogens is 300 g/mol. The van der Waals surface area contributed by atoms with Gasteiger partial charge in [0.05, 0.1) is 7.11 Å². The first-order valence-corrected chi connectivity index (χ1v) is 7.09. The molecule has 0 radical (unpaired) electrons. The molecule has 22 heavy (non-hydrogen) atoms. The van der Waals surface area contributed by atoms with Gasteiger partial charge in [-0.2, -0.15) is 0 Å². The minimum absolute atomic E-state index is 0.190. The van der Waals surface area contributed by atoms with E-state index in [0.29, 0.717) is 16.4 Å². The molecule has 110 valence electrons. The molecule has 0 unspecified atom stereocenters. The first-order valence-electron chi connectivity index (χ1n) is 6.71. The fraction of sp³-hybridized carbons (Fsp3) is 0.0556. The Balaban J connectivity index is 1.84. The normalized spacial score (nSPS) is 11.2. The summed E-state index contributed by atoms with van der Waals surface area (Å²) in [5, 5.41) is 1.50. The number of ketones is 1. The molecule has 0 saturated carbocycles. The van der Waals surface area contributed by atoms with Gasteiger partial charge in [0.2, 0.25) is 5.78 Å². The highest BCUT2D eigenvalue weighted by atomic mass is 35.5. The van der Waals surface area contributed by atoms with Crippen LogP contribution in [-0.2, 0) is 0 Å². The molecule has 0 N–H and O–H groups in total. The molecule has 0 saturated heterocycles. The van der Waals surface area contributed by atoms with Crippen molar-refractivity contribution in [1.82, 2.24) is 0 Å². The maximum absolute atomic E-state index is 12.2. The number of furan rings is 1. The van der Waals surface area contributed by atoms with E-state index in [1.165, 1.54) is 6.08 Å².